The van der Waals surface area contributed by atoms with Crippen molar-refractivity contribution >= 4 is 86.9 Å². The van der Waals surface area contributed by atoms with E-state index in [2.05, 4.69) is 76.0 Å². The Kier molecular flexibility index (Phi) is 24.6. The van der Waals surface area contributed by atoms with E-state index in [9.17, 15) is 48.3 Å². The summed E-state index contributed by atoms with van der Waals surface area (Å²) in [6.07, 6.45) is 1.39. The van der Waals surface area contributed by atoms with Gasteiger partial charge in [0.25, 0.3) is 16.7 Å². The van der Waals surface area contributed by atoms with Crippen LogP contribution in [0.4, 0.5) is 22.1 Å². The highest BCUT2D eigenvalue weighted by Crippen LogP contribution is 2.42. The zero-order valence-corrected chi connectivity index (χ0v) is 53.9. The lowest BCUT2D eigenvalue weighted by Crippen LogP contribution is -2.41. The number of aliphatic carboxylic acids is 1. The standard InChI is InChI=1S/C63H82N16O12S/c1-9-50(83)77(60(89)92-33-30-68-47(80)23-22-45(58(87)88)72-56(85)39-18-20-41(21-19-39)69-34-42-35-70-55-53(71-42)57(86)74-59(64)73-55)31-26-49(82)67-29-32-90-63(6,7)38-91-62(4,5)27-24-48(81)66-28-25-51(84)78-36-40-14-10-11-15-43(40)54-52(44-16-12-13-17-46(44)78)75-76-79(54)61(2,3)37-65-8/h10-21,35,45,65,69H,9,22-34,36-38H2,1-8H3,(H,66,81)(H,67,82)(H,68,80)(H,72,85)(H,87,88)(H3,64,70,73,74,86). The summed E-state index contributed by atoms with van der Waals surface area (Å²) in [6, 6.07) is 20.4. The molecular formula is C63H82N16O12S. The van der Waals surface area contributed by atoms with Crippen LogP contribution in [0.15, 0.2) is 83.8 Å². The number of likely N-dealkylation sites (N-methyl/N-ethyl adjacent to an activating group) is 1. The van der Waals surface area contributed by atoms with Crippen molar-refractivity contribution in [1.82, 2.24) is 66.4 Å². The fourth-order valence-electron chi connectivity index (χ4n) is 9.93. The van der Waals surface area contributed by atoms with Gasteiger partial charge in [-0.2, -0.15) is 4.98 Å². The fraction of sp³-hybridized carbons (Fsp3) is 0.460. The van der Waals surface area contributed by atoms with E-state index in [1.54, 1.807) is 24.0 Å². The summed E-state index contributed by atoms with van der Waals surface area (Å²) >= 11 is 0.773. The van der Waals surface area contributed by atoms with Crippen molar-refractivity contribution in [2.45, 2.75) is 129 Å². The van der Waals surface area contributed by atoms with Gasteiger partial charge < -0.3 is 57.1 Å². The molecule has 10 N–H and O–H groups in total. The number of hydrogen-bond acceptors (Lipinski definition) is 20. The van der Waals surface area contributed by atoms with Crippen LogP contribution in [0.2, 0.25) is 0 Å². The molecule has 6 aromatic rings. The number of aromatic nitrogens is 7. The smallest absolute Gasteiger partial charge is 0.326 e. The van der Waals surface area contributed by atoms with Gasteiger partial charge in [0.2, 0.25) is 35.5 Å². The lowest BCUT2D eigenvalue weighted by Gasteiger charge is -2.32. The Hall–Kier alpha value is -9.19. The average molecular weight is 1290 g/mol. The van der Waals surface area contributed by atoms with Crippen molar-refractivity contribution in [3.05, 3.63) is 106 Å². The highest BCUT2D eigenvalue weighted by molar-refractivity contribution is 8.13. The third kappa shape index (κ3) is 19.7. The van der Waals surface area contributed by atoms with Crippen LogP contribution in [0.5, 0.6) is 0 Å². The van der Waals surface area contributed by atoms with Gasteiger partial charge in [-0.25, -0.2) is 19.4 Å². The molecule has 1 atom stereocenters. The Labute approximate surface area is 536 Å². The molecule has 28 nitrogen and oxygen atoms in total. The van der Waals surface area contributed by atoms with Crippen molar-refractivity contribution in [3.8, 4) is 22.5 Å². The first-order chi connectivity index (χ1) is 43.8. The third-order valence-corrected chi connectivity index (χ3v) is 15.8. The molecular weight excluding hydrogens is 1200 g/mol. The molecule has 0 saturated carbocycles. The van der Waals surface area contributed by atoms with Crippen LogP contribution in [0.25, 0.3) is 33.7 Å². The normalized spacial score (nSPS) is 12.5. The molecule has 0 aliphatic carbocycles. The minimum absolute atomic E-state index is 0.00618. The molecule has 0 fully saturated rings. The van der Waals surface area contributed by atoms with E-state index in [-0.39, 0.29) is 125 Å². The number of aromatic amines is 1. The number of rotatable bonds is 32. The van der Waals surface area contributed by atoms with Crippen molar-refractivity contribution in [1.29, 1.82) is 0 Å². The van der Waals surface area contributed by atoms with E-state index in [0.29, 0.717) is 42.3 Å². The monoisotopic (exact) mass is 1290 g/mol. The number of H-pyrrole nitrogens is 1. The van der Waals surface area contributed by atoms with Crippen LogP contribution in [-0.2, 0) is 56.9 Å². The first-order valence-corrected chi connectivity index (χ1v) is 31.3. The average Bonchev–Trinajstić information content (AvgIpc) is 1.52. The fourth-order valence-corrected chi connectivity index (χ4v) is 10.7. The predicted octanol–water partition coefficient (Wildman–Crippen LogP) is 4.89. The van der Waals surface area contributed by atoms with Gasteiger partial charge in [-0.3, -0.25) is 48.2 Å². The summed E-state index contributed by atoms with van der Waals surface area (Å²) in [5.41, 5.74) is 9.38. The molecule has 3 aromatic heterocycles. The molecule has 7 amide bonds. The van der Waals surface area contributed by atoms with Crippen molar-refractivity contribution < 1.29 is 52.9 Å². The minimum atomic E-state index is -1.39. The van der Waals surface area contributed by atoms with Gasteiger partial charge in [-0.1, -0.05) is 66.4 Å². The largest absolute Gasteiger partial charge is 0.480 e. The number of nitrogens with one attached hydrogen (secondary N) is 7. The SMILES string of the molecule is CCC(=O)N(CCC(=O)NCCOC(C)(C)COC(C)(C)CCC(=O)NCCC(=O)N1Cc2ccccc2-c2c(nnn2C(C)(C)CNC)-c2ccccc21)C(=O)SCCNC(=O)CCC(NC(=O)c1ccc(NCc2cnc3nc(N)[nH]c(=O)c3n2)cc1)C(=O)O. The second kappa shape index (κ2) is 32.2. The molecule has 0 bridgehead atoms. The van der Waals surface area contributed by atoms with Gasteiger partial charge in [0, 0.05) is 93.0 Å². The molecule has 7 rings (SSSR count). The predicted molar refractivity (Wildman–Crippen MR) is 347 cm³/mol. The van der Waals surface area contributed by atoms with E-state index in [1.165, 1.54) is 18.3 Å². The maximum Gasteiger partial charge on any atom is 0.326 e. The van der Waals surface area contributed by atoms with Gasteiger partial charge in [-0.05, 0) is 97.3 Å². The van der Waals surface area contributed by atoms with Crippen LogP contribution in [0, 0.1) is 0 Å². The first-order valence-electron chi connectivity index (χ1n) is 30.3. The molecule has 0 radical (unpaired) electrons. The van der Waals surface area contributed by atoms with Gasteiger partial charge in [-0.15, -0.1) is 5.10 Å². The summed E-state index contributed by atoms with van der Waals surface area (Å²) in [5, 5.41) is 35.6. The Morgan fingerprint density at radius 3 is 2.23 bits per heavy atom. The topological polar surface area (TPSA) is 382 Å². The number of nitrogens with two attached hydrogens (primary N) is 1. The Morgan fingerprint density at radius 1 is 0.815 bits per heavy atom. The lowest BCUT2D eigenvalue weighted by molar-refractivity contribution is -0.139. The first kappa shape index (κ1) is 70.3. The molecule has 3 aromatic carbocycles. The molecule has 29 heteroatoms. The molecule has 1 unspecified atom stereocenters. The lowest BCUT2D eigenvalue weighted by atomic mass is 9.94. The Balaban J connectivity index is 0.752. The molecule has 0 saturated heterocycles. The van der Waals surface area contributed by atoms with Crippen LogP contribution in [0.1, 0.15) is 115 Å². The van der Waals surface area contributed by atoms with E-state index in [0.717, 1.165) is 39.0 Å². The maximum atomic E-state index is 14.1. The Morgan fingerprint density at radius 2 is 1.50 bits per heavy atom. The molecule has 1 aliphatic heterocycles. The van der Waals surface area contributed by atoms with E-state index in [4.69, 9.17) is 15.2 Å². The van der Waals surface area contributed by atoms with Gasteiger partial charge in [0.1, 0.15) is 11.7 Å². The number of para-hydroxylation sites is 1. The number of ether oxygens (including phenoxy) is 2. The molecule has 492 valence electrons. The summed E-state index contributed by atoms with van der Waals surface area (Å²) < 4.78 is 14.2. The van der Waals surface area contributed by atoms with Gasteiger partial charge in [0.15, 0.2) is 11.2 Å². The number of carbonyl (C=O) groups excluding carboxylic acids is 7. The van der Waals surface area contributed by atoms with Crippen molar-refractivity contribution in [2.75, 3.05) is 74.7 Å². The molecule has 0 spiro atoms. The zero-order valence-electron chi connectivity index (χ0n) is 53.1. The summed E-state index contributed by atoms with van der Waals surface area (Å²) in [6.45, 7) is 14.8. The van der Waals surface area contributed by atoms with E-state index < -0.39 is 63.2 Å². The molecule has 4 heterocycles. The number of fused-ring (bicyclic) bond motifs is 6. The third-order valence-electron chi connectivity index (χ3n) is 15.0. The number of imide groups is 1. The highest BCUT2D eigenvalue weighted by Gasteiger charge is 2.34. The van der Waals surface area contributed by atoms with Crippen LogP contribution < -0.4 is 48.1 Å². The van der Waals surface area contributed by atoms with Gasteiger partial charge in [0.05, 0.1) is 66.3 Å². The quantitative estimate of drug-likeness (QED) is 0.0254. The van der Waals surface area contributed by atoms with Crippen molar-refractivity contribution in [3.63, 3.8) is 0 Å². The number of carboxylic acid groups (broad SMARTS) is 1. The van der Waals surface area contributed by atoms with Crippen LogP contribution >= 0.6 is 11.8 Å². The number of nitrogens with zero attached hydrogens (tertiary/aromatic N) is 8. The molecule has 92 heavy (non-hydrogen) atoms. The summed E-state index contributed by atoms with van der Waals surface area (Å²) in [7, 11) is 1.90. The number of benzene rings is 3. The van der Waals surface area contributed by atoms with Crippen molar-refractivity contribution in [2.24, 2.45) is 0 Å². The second-order valence-electron chi connectivity index (χ2n) is 23.7. The van der Waals surface area contributed by atoms with E-state index in [1.807, 2.05) is 88.0 Å². The maximum absolute atomic E-state index is 14.1. The minimum Gasteiger partial charge on any atom is -0.480 e. The number of anilines is 3. The number of hydrogen-bond donors (Lipinski definition) is 9. The number of carboxylic acids is 1. The number of thioether (sulfide) groups is 1. The second-order valence-corrected chi connectivity index (χ2v) is 24.8. The number of carbonyl (C=O) groups is 8. The van der Waals surface area contributed by atoms with Crippen LogP contribution in [0.3, 0.4) is 0 Å². The summed E-state index contributed by atoms with van der Waals surface area (Å²) in [4.78, 5) is 133. The van der Waals surface area contributed by atoms with Crippen LogP contribution in [-0.4, -0.2) is 168 Å². The summed E-state index contributed by atoms with van der Waals surface area (Å²) in [5.74, 6) is -3.84. The molecule has 1 aliphatic rings. The Bertz CT molecular complexity index is 3690. The number of amides is 7. The van der Waals surface area contributed by atoms with E-state index >= 15 is 0 Å². The highest BCUT2D eigenvalue weighted by atomic mass is 32.2. The van der Waals surface area contributed by atoms with Gasteiger partial charge >= 0.3 is 5.97 Å². The number of nitrogen functional groups attached to an aromatic ring is 1. The zero-order chi connectivity index (χ0) is 66.8.